The van der Waals surface area contributed by atoms with Gasteiger partial charge >= 0.3 is 0 Å². The monoisotopic (exact) mass is 378 g/mol. The second-order valence-corrected chi connectivity index (χ2v) is 7.43. The highest BCUT2D eigenvalue weighted by Crippen LogP contribution is 2.35. The molecule has 1 saturated heterocycles. The van der Waals surface area contributed by atoms with Crippen molar-refractivity contribution in [2.24, 2.45) is 0 Å². The molecule has 3 nitrogen and oxygen atoms in total. The highest BCUT2D eigenvalue weighted by Gasteiger charge is 2.20. The third-order valence-corrected chi connectivity index (χ3v) is 5.30. The number of nitrogens with one attached hydrogen (secondary N) is 1. The van der Waals surface area contributed by atoms with E-state index in [0.29, 0.717) is 16.1 Å². The van der Waals surface area contributed by atoms with E-state index in [0.717, 1.165) is 35.5 Å². The van der Waals surface area contributed by atoms with Crippen molar-refractivity contribution in [1.29, 1.82) is 0 Å². The lowest BCUT2D eigenvalue weighted by Gasteiger charge is -2.20. The molecule has 3 rings (SSSR count). The Morgan fingerprint density at radius 2 is 1.92 bits per heavy atom. The lowest BCUT2D eigenvalue weighted by atomic mass is 10.0. The van der Waals surface area contributed by atoms with Gasteiger partial charge in [-0.3, -0.25) is 0 Å². The van der Waals surface area contributed by atoms with E-state index in [9.17, 15) is 0 Å². The first kappa shape index (κ1) is 18.4. The molecule has 1 fully saturated rings. The number of methoxy groups -OCH3 is 1. The molecule has 1 aliphatic heterocycles. The lowest BCUT2D eigenvalue weighted by Crippen LogP contribution is -2.27. The number of anilines is 1. The zero-order chi connectivity index (χ0) is 17.8. The minimum atomic E-state index is 0.629. The summed E-state index contributed by atoms with van der Waals surface area (Å²) in [5.74, 6) is 0.812. The normalized spacial score (nSPS) is 17.7. The second kappa shape index (κ2) is 8.31. The Bertz CT molecular complexity index is 715. The van der Waals surface area contributed by atoms with Gasteiger partial charge in [0.1, 0.15) is 5.75 Å². The molecule has 1 heterocycles. The lowest BCUT2D eigenvalue weighted by molar-refractivity contribution is 0.301. The van der Waals surface area contributed by atoms with Crippen LogP contribution in [0.1, 0.15) is 19.3 Å². The molecule has 0 amide bonds. The Hall–Kier alpha value is -1.42. The quantitative estimate of drug-likeness (QED) is 0.711. The summed E-state index contributed by atoms with van der Waals surface area (Å²) in [6.45, 7) is 2.14. The molecule has 5 heteroatoms. The van der Waals surface area contributed by atoms with Gasteiger partial charge in [0.15, 0.2) is 0 Å². The number of likely N-dealkylation sites (tertiary alicyclic amines) is 1. The number of halogens is 2. The highest BCUT2D eigenvalue weighted by atomic mass is 35.5. The molecule has 0 saturated carbocycles. The van der Waals surface area contributed by atoms with Crippen LogP contribution in [-0.2, 0) is 0 Å². The second-order valence-electron chi connectivity index (χ2n) is 6.56. The summed E-state index contributed by atoms with van der Waals surface area (Å²) in [4.78, 5) is 2.45. The first-order valence-electron chi connectivity index (χ1n) is 8.65. The van der Waals surface area contributed by atoms with E-state index in [1.165, 1.54) is 19.4 Å². The van der Waals surface area contributed by atoms with Crippen molar-refractivity contribution in [1.82, 2.24) is 4.90 Å². The van der Waals surface area contributed by atoms with Crippen LogP contribution in [0.5, 0.6) is 5.75 Å². The number of hydrogen-bond donors (Lipinski definition) is 1. The summed E-state index contributed by atoms with van der Waals surface area (Å²) in [5, 5.41) is 4.84. The average molecular weight is 379 g/mol. The summed E-state index contributed by atoms with van der Waals surface area (Å²) in [6, 6.07) is 12.3. The van der Waals surface area contributed by atoms with Crippen LogP contribution in [0.4, 0.5) is 5.69 Å². The molecule has 134 valence electrons. The van der Waals surface area contributed by atoms with Gasteiger partial charge in [0.25, 0.3) is 0 Å². The van der Waals surface area contributed by atoms with Crippen molar-refractivity contribution in [3.8, 4) is 16.9 Å². The summed E-state index contributed by atoms with van der Waals surface area (Å²) >= 11 is 12.4. The van der Waals surface area contributed by atoms with E-state index in [1.807, 2.05) is 24.3 Å². The van der Waals surface area contributed by atoms with Crippen LogP contribution in [0.15, 0.2) is 36.4 Å². The molecule has 1 aliphatic rings. The molecule has 1 N–H and O–H groups in total. The Balaban J connectivity index is 1.80. The molecule has 25 heavy (non-hydrogen) atoms. The molecule has 2 aromatic rings. The maximum atomic E-state index is 6.19. The van der Waals surface area contributed by atoms with Crippen LogP contribution >= 0.6 is 23.2 Å². The largest absolute Gasteiger partial charge is 0.497 e. The number of ether oxygens (including phenoxy) is 1. The Morgan fingerprint density at radius 1 is 1.16 bits per heavy atom. The van der Waals surface area contributed by atoms with Gasteiger partial charge in [0.2, 0.25) is 0 Å². The maximum absolute atomic E-state index is 6.19. The topological polar surface area (TPSA) is 24.5 Å². The van der Waals surface area contributed by atoms with Crippen LogP contribution < -0.4 is 10.1 Å². The van der Waals surface area contributed by atoms with Gasteiger partial charge in [-0.2, -0.15) is 0 Å². The molecular formula is C20H24Cl2N2O. The van der Waals surface area contributed by atoms with Crippen molar-refractivity contribution in [3.63, 3.8) is 0 Å². The number of hydrogen-bond acceptors (Lipinski definition) is 3. The van der Waals surface area contributed by atoms with Gasteiger partial charge in [-0.15, -0.1) is 0 Å². The molecule has 0 bridgehead atoms. The molecule has 0 radical (unpaired) electrons. The van der Waals surface area contributed by atoms with Gasteiger partial charge in [-0.25, -0.2) is 0 Å². The zero-order valence-corrected chi connectivity index (χ0v) is 16.2. The fourth-order valence-electron chi connectivity index (χ4n) is 3.47. The Morgan fingerprint density at radius 3 is 2.56 bits per heavy atom. The molecule has 0 aromatic heterocycles. The fraction of sp³-hybridized carbons (Fsp3) is 0.400. The third-order valence-electron chi connectivity index (χ3n) is 4.86. The number of nitrogens with zero attached hydrogens (tertiary/aromatic N) is 1. The minimum absolute atomic E-state index is 0.629. The fourth-order valence-corrected chi connectivity index (χ4v) is 4.00. The standard InChI is InChI=1S/C20H24Cl2N2O/c1-24-9-3-4-17(24)7-8-23-20-6-5-18(25-2)13-19(20)14-10-15(21)12-16(22)11-14/h5-6,10-13,17,23H,3-4,7-9H2,1-2H3. The first-order chi connectivity index (χ1) is 12.1. The summed E-state index contributed by atoms with van der Waals surface area (Å²) < 4.78 is 5.39. The van der Waals surface area contributed by atoms with Crippen molar-refractivity contribution < 1.29 is 4.74 Å². The van der Waals surface area contributed by atoms with Crippen molar-refractivity contribution in [2.45, 2.75) is 25.3 Å². The van der Waals surface area contributed by atoms with E-state index >= 15 is 0 Å². The van der Waals surface area contributed by atoms with E-state index in [-0.39, 0.29) is 0 Å². The molecular weight excluding hydrogens is 355 g/mol. The highest BCUT2D eigenvalue weighted by molar-refractivity contribution is 6.35. The minimum Gasteiger partial charge on any atom is -0.497 e. The van der Waals surface area contributed by atoms with E-state index in [1.54, 1.807) is 13.2 Å². The number of rotatable bonds is 6. The summed E-state index contributed by atoms with van der Waals surface area (Å²) in [7, 11) is 3.89. The van der Waals surface area contributed by atoms with Crippen molar-refractivity contribution >= 4 is 28.9 Å². The first-order valence-corrected chi connectivity index (χ1v) is 9.41. The van der Waals surface area contributed by atoms with Crippen LogP contribution in [0.3, 0.4) is 0 Å². The SMILES string of the molecule is COc1ccc(NCCC2CCCN2C)c(-c2cc(Cl)cc(Cl)c2)c1. The Kier molecular flexibility index (Phi) is 6.10. The summed E-state index contributed by atoms with van der Waals surface area (Å²) in [5.41, 5.74) is 3.10. The molecule has 1 atom stereocenters. The molecule has 1 unspecified atom stereocenters. The average Bonchev–Trinajstić information content (AvgIpc) is 2.99. The van der Waals surface area contributed by atoms with E-state index in [2.05, 4.69) is 23.3 Å². The van der Waals surface area contributed by atoms with Gasteiger partial charge in [0.05, 0.1) is 7.11 Å². The van der Waals surface area contributed by atoms with E-state index < -0.39 is 0 Å². The van der Waals surface area contributed by atoms with Gasteiger partial charge in [-0.1, -0.05) is 23.2 Å². The molecule has 0 aliphatic carbocycles. The number of benzene rings is 2. The van der Waals surface area contributed by atoms with Gasteiger partial charge in [0, 0.05) is 33.9 Å². The molecule has 2 aromatic carbocycles. The zero-order valence-electron chi connectivity index (χ0n) is 14.7. The van der Waals surface area contributed by atoms with E-state index in [4.69, 9.17) is 27.9 Å². The third kappa shape index (κ3) is 4.60. The van der Waals surface area contributed by atoms with Gasteiger partial charge < -0.3 is 15.0 Å². The van der Waals surface area contributed by atoms with Crippen LogP contribution in [-0.4, -0.2) is 38.2 Å². The van der Waals surface area contributed by atoms with Crippen LogP contribution in [0.25, 0.3) is 11.1 Å². The molecule has 0 spiro atoms. The van der Waals surface area contributed by atoms with Gasteiger partial charge in [-0.05, 0) is 74.8 Å². The van der Waals surface area contributed by atoms with Crippen LogP contribution in [0, 0.1) is 0 Å². The Labute approximate surface area is 159 Å². The maximum Gasteiger partial charge on any atom is 0.119 e. The van der Waals surface area contributed by atoms with Crippen molar-refractivity contribution in [2.75, 3.05) is 32.6 Å². The predicted molar refractivity (Wildman–Crippen MR) is 107 cm³/mol. The predicted octanol–water partition coefficient (Wildman–Crippen LogP) is 5.57. The van der Waals surface area contributed by atoms with Crippen LogP contribution in [0.2, 0.25) is 10.0 Å². The smallest absolute Gasteiger partial charge is 0.119 e. The summed E-state index contributed by atoms with van der Waals surface area (Å²) in [6.07, 6.45) is 3.73. The van der Waals surface area contributed by atoms with Crippen molar-refractivity contribution in [3.05, 3.63) is 46.4 Å².